The van der Waals surface area contributed by atoms with E-state index in [1.807, 2.05) is 12.1 Å². The zero-order valence-corrected chi connectivity index (χ0v) is 11.3. The molecular formula is C15H21NO3. The Labute approximate surface area is 113 Å². The van der Waals surface area contributed by atoms with Gasteiger partial charge in [0.2, 0.25) is 0 Å². The zero-order valence-electron chi connectivity index (χ0n) is 11.3. The Morgan fingerprint density at radius 1 is 1.37 bits per heavy atom. The summed E-state index contributed by atoms with van der Waals surface area (Å²) in [6, 6.07) is 7.28. The fourth-order valence-corrected chi connectivity index (χ4v) is 2.47. The molecule has 0 heterocycles. The van der Waals surface area contributed by atoms with Crippen LogP contribution in [0.1, 0.15) is 41.6 Å². The first kappa shape index (κ1) is 14.0. The average molecular weight is 263 g/mol. The van der Waals surface area contributed by atoms with Crippen LogP contribution in [0.5, 0.6) is 0 Å². The van der Waals surface area contributed by atoms with Crippen LogP contribution >= 0.6 is 0 Å². The van der Waals surface area contributed by atoms with E-state index in [0.717, 1.165) is 31.2 Å². The van der Waals surface area contributed by atoms with Crippen LogP contribution in [0.25, 0.3) is 0 Å². The van der Waals surface area contributed by atoms with Crippen molar-refractivity contribution >= 4 is 5.97 Å². The van der Waals surface area contributed by atoms with Gasteiger partial charge >= 0.3 is 5.97 Å². The summed E-state index contributed by atoms with van der Waals surface area (Å²) in [4.78, 5) is 12.1. The van der Waals surface area contributed by atoms with Gasteiger partial charge in [0.1, 0.15) is 6.10 Å². The van der Waals surface area contributed by atoms with Gasteiger partial charge in [0.15, 0.2) is 0 Å². The molecule has 4 heteroatoms. The van der Waals surface area contributed by atoms with Gasteiger partial charge in [0.25, 0.3) is 0 Å². The van der Waals surface area contributed by atoms with E-state index in [2.05, 4.69) is 0 Å². The van der Waals surface area contributed by atoms with Crippen LogP contribution in [0.2, 0.25) is 0 Å². The summed E-state index contributed by atoms with van der Waals surface area (Å²) in [7, 11) is 1.71. The summed E-state index contributed by atoms with van der Waals surface area (Å²) >= 11 is 0. The molecule has 2 N–H and O–H groups in total. The normalized spacial score (nSPS) is 23.1. The van der Waals surface area contributed by atoms with E-state index in [-0.39, 0.29) is 18.2 Å². The summed E-state index contributed by atoms with van der Waals surface area (Å²) < 4.78 is 10.9. The Bertz CT molecular complexity index is 433. The lowest BCUT2D eigenvalue weighted by Gasteiger charge is -2.27. The third kappa shape index (κ3) is 3.78. The second-order valence-corrected chi connectivity index (χ2v) is 4.96. The molecule has 2 unspecified atom stereocenters. The molecule has 0 bridgehead atoms. The highest BCUT2D eigenvalue weighted by atomic mass is 16.5. The number of hydrogen-bond acceptors (Lipinski definition) is 4. The van der Waals surface area contributed by atoms with Crippen molar-refractivity contribution in [2.75, 3.05) is 7.11 Å². The summed E-state index contributed by atoms with van der Waals surface area (Å²) in [5.41, 5.74) is 7.08. The van der Waals surface area contributed by atoms with Crippen molar-refractivity contribution < 1.29 is 14.3 Å². The molecule has 0 radical (unpaired) electrons. The van der Waals surface area contributed by atoms with E-state index in [9.17, 15) is 4.79 Å². The van der Waals surface area contributed by atoms with Gasteiger partial charge in [-0.2, -0.15) is 0 Å². The molecule has 1 aliphatic carbocycles. The molecule has 1 saturated carbocycles. The fraction of sp³-hybridized carbons (Fsp3) is 0.533. The second-order valence-electron chi connectivity index (χ2n) is 4.96. The molecule has 0 spiro atoms. The second kappa shape index (κ2) is 6.68. The molecule has 1 aromatic rings. The number of nitrogens with two attached hydrogens (primary N) is 1. The third-order valence-corrected chi connectivity index (χ3v) is 3.58. The van der Waals surface area contributed by atoms with E-state index in [4.69, 9.17) is 15.2 Å². The van der Waals surface area contributed by atoms with Gasteiger partial charge in [-0.15, -0.1) is 0 Å². The molecule has 2 atom stereocenters. The van der Waals surface area contributed by atoms with E-state index in [1.165, 1.54) is 0 Å². The van der Waals surface area contributed by atoms with Crippen LogP contribution in [-0.4, -0.2) is 25.3 Å². The molecule has 19 heavy (non-hydrogen) atoms. The first-order valence-corrected chi connectivity index (χ1v) is 6.75. The smallest absolute Gasteiger partial charge is 0.338 e. The molecule has 1 aliphatic rings. The van der Waals surface area contributed by atoms with Crippen LogP contribution in [0.15, 0.2) is 24.3 Å². The predicted octanol–water partition coefficient (Wildman–Crippen LogP) is 2.26. The van der Waals surface area contributed by atoms with Gasteiger partial charge in [0.05, 0.1) is 11.7 Å². The van der Waals surface area contributed by atoms with Crippen molar-refractivity contribution in [2.24, 2.45) is 5.73 Å². The van der Waals surface area contributed by atoms with Crippen LogP contribution in [0.3, 0.4) is 0 Å². The first-order valence-electron chi connectivity index (χ1n) is 6.75. The number of rotatable bonds is 4. The van der Waals surface area contributed by atoms with Crippen LogP contribution in [0.4, 0.5) is 0 Å². The lowest BCUT2D eigenvalue weighted by molar-refractivity contribution is -0.0149. The Kier molecular flexibility index (Phi) is 4.93. The molecule has 4 nitrogen and oxygen atoms in total. The van der Waals surface area contributed by atoms with Crippen molar-refractivity contribution in [3.8, 4) is 0 Å². The highest BCUT2D eigenvalue weighted by molar-refractivity contribution is 5.89. The minimum Gasteiger partial charge on any atom is -0.459 e. The molecule has 104 valence electrons. The lowest BCUT2D eigenvalue weighted by Crippen LogP contribution is -2.29. The van der Waals surface area contributed by atoms with Gasteiger partial charge in [0, 0.05) is 20.1 Å². The van der Waals surface area contributed by atoms with Crippen molar-refractivity contribution in [3.63, 3.8) is 0 Å². The number of benzene rings is 1. The maximum atomic E-state index is 12.1. The third-order valence-electron chi connectivity index (χ3n) is 3.58. The van der Waals surface area contributed by atoms with Crippen LogP contribution in [0, 0.1) is 0 Å². The molecule has 0 aliphatic heterocycles. The lowest BCUT2D eigenvalue weighted by atomic mass is 9.95. The molecular weight excluding hydrogens is 242 g/mol. The van der Waals surface area contributed by atoms with E-state index < -0.39 is 0 Å². The summed E-state index contributed by atoms with van der Waals surface area (Å²) in [5, 5.41) is 0. The average Bonchev–Trinajstić information content (AvgIpc) is 2.47. The van der Waals surface area contributed by atoms with Crippen molar-refractivity contribution in [3.05, 3.63) is 35.4 Å². The first-order chi connectivity index (χ1) is 9.22. The highest BCUT2D eigenvalue weighted by Gasteiger charge is 2.25. The Morgan fingerprint density at radius 3 is 2.89 bits per heavy atom. The number of ether oxygens (including phenoxy) is 2. The quantitative estimate of drug-likeness (QED) is 0.846. The zero-order chi connectivity index (χ0) is 13.7. The minimum atomic E-state index is -0.267. The monoisotopic (exact) mass is 263 g/mol. The van der Waals surface area contributed by atoms with Gasteiger partial charge in [-0.05, 0) is 37.0 Å². The highest BCUT2D eigenvalue weighted by Crippen LogP contribution is 2.24. The largest absolute Gasteiger partial charge is 0.459 e. The van der Waals surface area contributed by atoms with Gasteiger partial charge in [-0.25, -0.2) is 4.79 Å². The molecule has 2 rings (SSSR count). The molecule has 0 amide bonds. The Hall–Kier alpha value is -1.39. The summed E-state index contributed by atoms with van der Waals surface area (Å²) in [6.45, 7) is 0.427. The standard InChI is InChI=1S/C15H21NO3/c1-18-13-6-3-7-14(9-13)19-15(17)12-5-2-4-11(8-12)10-16/h2,4-5,8,13-14H,3,6-7,9-10,16H2,1H3. The predicted molar refractivity (Wildman–Crippen MR) is 72.8 cm³/mol. The minimum absolute atomic E-state index is 0.0345. The van der Waals surface area contributed by atoms with Crippen molar-refractivity contribution in [1.82, 2.24) is 0 Å². The van der Waals surface area contributed by atoms with Gasteiger partial charge in [-0.3, -0.25) is 0 Å². The number of hydrogen-bond donors (Lipinski definition) is 1. The van der Waals surface area contributed by atoms with E-state index in [1.54, 1.807) is 19.2 Å². The maximum absolute atomic E-state index is 12.1. The molecule has 1 fully saturated rings. The molecule has 0 aromatic heterocycles. The van der Waals surface area contributed by atoms with Crippen LogP contribution < -0.4 is 5.73 Å². The van der Waals surface area contributed by atoms with Gasteiger partial charge < -0.3 is 15.2 Å². The SMILES string of the molecule is COC1CCCC(OC(=O)c2cccc(CN)c2)C1. The number of carbonyl (C=O) groups excluding carboxylic acids is 1. The topological polar surface area (TPSA) is 61.5 Å². The fourth-order valence-electron chi connectivity index (χ4n) is 2.47. The Balaban J connectivity index is 1.96. The summed E-state index contributed by atoms with van der Waals surface area (Å²) in [6.07, 6.45) is 3.97. The van der Waals surface area contributed by atoms with Crippen LogP contribution in [-0.2, 0) is 16.0 Å². The summed E-state index contributed by atoms with van der Waals surface area (Å²) in [5.74, 6) is -0.267. The molecule has 1 aromatic carbocycles. The van der Waals surface area contributed by atoms with E-state index >= 15 is 0 Å². The Morgan fingerprint density at radius 2 is 2.16 bits per heavy atom. The number of carbonyl (C=O) groups is 1. The van der Waals surface area contributed by atoms with E-state index in [0.29, 0.717) is 12.1 Å². The maximum Gasteiger partial charge on any atom is 0.338 e. The number of esters is 1. The van der Waals surface area contributed by atoms with Crippen molar-refractivity contribution in [2.45, 2.75) is 44.4 Å². The van der Waals surface area contributed by atoms with Gasteiger partial charge in [-0.1, -0.05) is 12.1 Å². The molecule has 0 saturated heterocycles. The van der Waals surface area contributed by atoms with Crippen molar-refractivity contribution in [1.29, 1.82) is 0 Å². The number of methoxy groups -OCH3 is 1.